The molecule has 1 aromatic rings. The van der Waals surface area contributed by atoms with E-state index in [1.807, 2.05) is 0 Å². The van der Waals surface area contributed by atoms with Crippen molar-refractivity contribution < 1.29 is 22.7 Å². The van der Waals surface area contributed by atoms with Gasteiger partial charge in [-0.15, -0.1) is 0 Å². The second kappa shape index (κ2) is 4.03. The first-order chi connectivity index (χ1) is 7.27. The first-order valence-corrected chi connectivity index (χ1v) is 4.27. The fourth-order valence-electron chi connectivity index (χ4n) is 1.13. The largest absolute Gasteiger partial charge is 0.467 e. The number of hydrogen-bond donors (Lipinski definition) is 1. The van der Waals surface area contributed by atoms with Gasteiger partial charge in [0.15, 0.2) is 5.69 Å². The average molecular weight is 237 g/mol. The Bertz CT molecular complexity index is 400. The van der Waals surface area contributed by atoms with Crippen LogP contribution < -0.4 is 5.73 Å². The highest BCUT2D eigenvalue weighted by Gasteiger charge is 2.35. The summed E-state index contributed by atoms with van der Waals surface area (Å²) in [4.78, 5) is 11.1. The number of carbonyl (C=O) groups is 1. The molecule has 0 aliphatic carbocycles. The highest BCUT2D eigenvalue weighted by atomic mass is 19.4. The molecule has 0 saturated heterocycles. The SMILES string of the molecule is COC(=O)C(C)n1nc(C(F)(F)F)cc1N. The van der Waals surface area contributed by atoms with Crippen molar-refractivity contribution in [3.63, 3.8) is 0 Å². The lowest BCUT2D eigenvalue weighted by molar-refractivity contribution is -0.146. The Kier molecular flexibility index (Phi) is 3.11. The van der Waals surface area contributed by atoms with Gasteiger partial charge >= 0.3 is 12.1 Å². The Morgan fingerprint density at radius 2 is 2.19 bits per heavy atom. The number of halogens is 3. The number of nitrogens with zero attached hydrogens (tertiary/aromatic N) is 2. The van der Waals surface area contributed by atoms with E-state index in [0.717, 1.165) is 11.8 Å². The van der Waals surface area contributed by atoms with Crippen molar-refractivity contribution in [3.8, 4) is 0 Å². The van der Waals surface area contributed by atoms with Crippen LogP contribution in [0.15, 0.2) is 6.07 Å². The van der Waals surface area contributed by atoms with E-state index in [2.05, 4.69) is 9.84 Å². The first-order valence-electron chi connectivity index (χ1n) is 4.27. The van der Waals surface area contributed by atoms with E-state index in [1.54, 1.807) is 0 Å². The van der Waals surface area contributed by atoms with E-state index in [4.69, 9.17) is 5.73 Å². The zero-order valence-electron chi connectivity index (χ0n) is 8.58. The van der Waals surface area contributed by atoms with Crippen LogP contribution in [0.4, 0.5) is 19.0 Å². The zero-order valence-corrected chi connectivity index (χ0v) is 8.58. The van der Waals surface area contributed by atoms with Gasteiger partial charge in [0.25, 0.3) is 0 Å². The number of carbonyl (C=O) groups excluding carboxylic acids is 1. The smallest absolute Gasteiger partial charge is 0.435 e. The van der Waals surface area contributed by atoms with Crippen LogP contribution in [0.25, 0.3) is 0 Å². The summed E-state index contributed by atoms with van der Waals surface area (Å²) in [6.07, 6.45) is -4.59. The van der Waals surface area contributed by atoms with Gasteiger partial charge in [-0.05, 0) is 6.92 Å². The molecule has 0 bridgehead atoms. The fraction of sp³-hybridized carbons (Fsp3) is 0.500. The van der Waals surface area contributed by atoms with E-state index in [1.165, 1.54) is 6.92 Å². The van der Waals surface area contributed by atoms with Gasteiger partial charge in [-0.1, -0.05) is 0 Å². The van der Waals surface area contributed by atoms with Crippen LogP contribution >= 0.6 is 0 Å². The van der Waals surface area contributed by atoms with Crippen LogP contribution in [0.5, 0.6) is 0 Å². The molecule has 0 radical (unpaired) electrons. The summed E-state index contributed by atoms with van der Waals surface area (Å²) in [5, 5.41) is 3.22. The number of alkyl halides is 3. The zero-order chi connectivity index (χ0) is 12.5. The van der Waals surface area contributed by atoms with Gasteiger partial charge in [-0.2, -0.15) is 18.3 Å². The predicted octanol–water partition coefficient (Wildman–Crippen LogP) is 1.22. The number of rotatable bonds is 2. The summed E-state index contributed by atoms with van der Waals surface area (Å²) in [5.41, 5.74) is 4.19. The van der Waals surface area contributed by atoms with E-state index < -0.39 is 23.9 Å². The monoisotopic (exact) mass is 237 g/mol. The average Bonchev–Trinajstić information content (AvgIpc) is 2.57. The molecular formula is C8H10F3N3O2. The third-order valence-corrected chi connectivity index (χ3v) is 1.96. The maximum absolute atomic E-state index is 12.3. The summed E-state index contributed by atoms with van der Waals surface area (Å²) in [5.74, 6) is -0.964. The van der Waals surface area contributed by atoms with Crippen LogP contribution in [0.1, 0.15) is 18.7 Å². The lowest BCUT2D eigenvalue weighted by Gasteiger charge is -2.10. The van der Waals surface area contributed by atoms with Gasteiger partial charge in [0, 0.05) is 6.07 Å². The normalized spacial score (nSPS) is 13.6. The van der Waals surface area contributed by atoms with E-state index in [-0.39, 0.29) is 5.82 Å². The molecule has 0 fully saturated rings. The Labute approximate surface area is 89.0 Å². The van der Waals surface area contributed by atoms with Crippen molar-refractivity contribution in [1.82, 2.24) is 9.78 Å². The number of esters is 1. The number of nitrogens with two attached hydrogens (primary N) is 1. The van der Waals surface area contributed by atoms with Gasteiger partial charge in [0.1, 0.15) is 11.9 Å². The molecule has 1 rings (SSSR count). The van der Waals surface area contributed by atoms with Gasteiger partial charge in [0.2, 0.25) is 0 Å². The van der Waals surface area contributed by atoms with E-state index in [9.17, 15) is 18.0 Å². The van der Waals surface area contributed by atoms with Crippen molar-refractivity contribution in [1.29, 1.82) is 0 Å². The molecule has 16 heavy (non-hydrogen) atoms. The number of anilines is 1. The molecule has 0 saturated carbocycles. The topological polar surface area (TPSA) is 70.1 Å². The molecule has 5 nitrogen and oxygen atoms in total. The molecule has 90 valence electrons. The van der Waals surface area contributed by atoms with Crippen LogP contribution in [0.2, 0.25) is 0 Å². The van der Waals surface area contributed by atoms with Crippen LogP contribution in [0, 0.1) is 0 Å². The minimum absolute atomic E-state index is 0.245. The lowest BCUT2D eigenvalue weighted by Crippen LogP contribution is -2.21. The maximum atomic E-state index is 12.3. The van der Waals surface area contributed by atoms with Crippen molar-refractivity contribution in [2.24, 2.45) is 0 Å². The maximum Gasteiger partial charge on any atom is 0.435 e. The third-order valence-electron chi connectivity index (χ3n) is 1.96. The molecule has 0 aliphatic rings. The van der Waals surface area contributed by atoms with Crippen molar-refractivity contribution in [3.05, 3.63) is 11.8 Å². The molecule has 1 atom stereocenters. The van der Waals surface area contributed by atoms with Gasteiger partial charge in [-0.25, -0.2) is 9.48 Å². The minimum Gasteiger partial charge on any atom is -0.467 e. The fourth-order valence-corrected chi connectivity index (χ4v) is 1.13. The van der Waals surface area contributed by atoms with Crippen molar-refractivity contribution in [2.45, 2.75) is 19.1 Å². The summed E-state index contributed by atoms with van der Waals surface area (Å²) < 4.78 is 42.0. The summed E-state index contributed by atoms with van der Waals surface area (Å²) in [6.45, 7) is 1.34. The summed E-state index contributed by atoms with van der Waals surface area (Å²) >= 11 is 0. The van der Waals surface area contributed by atoms with E-state index in [0.29, 0.717) is 6.07 Å². The Hall–Kier alpha value is -1.73. The molecule has 8 heteroatoms. The van der Waals surface area contributed by atoms with Crippen LogP contribution in [-0.2, 0) is 15.7 Å². The van der Waals surface area contributed by atoms with E-state index >= 15 is 0 Å². The molecule has 0 amide bonds. The molecule has 1 heterocycles. The molecule has 1 aromatic heterocycles. The summed E-state index contributed by atoms with van der Waals surface area (Å²) in [7, 11) is 1.13. The molecule has 0 spiro atoms. The molecule has 1 unspecified atom stereocenters. The lowest BCUT2D eigenvalue weighted by atomic mass is 10.3. The second-order valence-corrected chi connectivity index (χ2v) is 3.10. The number of nitrogen functional groups attached to an aromatic ring is 1. The minimum atomic E-state index is -4.59. The highest BCUT2D eigenvalue weighted by molar-refractivity contribution is 5.74. The highest BCUT2D eigenvalue weighted by Crippen LogP contribution is 2.30. The third kappa shape index (κ3) is 2.26. The van der Waals surface area contributed by atoms with Gasteiger partial charge in [0.05, 0.1) is 7.11 Å². The Balaban J connectivity index is 3.07. The molecule has 2 N–H and O–H groups in total. The van der Waals surface area contributed by atoms with Crippen molar-refractivity contribution >= 4 is 11.8 Å². The number of hydrogen-bond acceptors (Lipinski definition) is 4. The Morgan fingerprint density at radius 1 is 1.62 bits per heavy atom. The predicted molar refractivity (Wildman–Crippen MR) is 48.4 cm³/mol. The van der Waals surface area contributed by atoms with Crippen molar-refractivity contribution in [2.75, 3.05) is 12.8 Å². The number of methoxy groups -OCH3 is 1. The quantitative estimate of drug-likeness (QED) is 0.785. The molecule has 0 aromatic carbocycles. The Morgan fingerprint density at radius 3 is 2.56 bits per heavy atom. The van der Waals surface area contributed by atoms with Gasteiger partial charge in [-0.3, -0.25) is 0 Å². The molecular weight excluding hydrogens is 227 g/mol. The first kappa shape index (κ1) is 12.3. The number of aromatic nitrogens is 2. The standard InChI is InChI=1S/C8H10F3N3O2/c1-4(7(15)16-2)14-6(12)3-5(13-14)8(9,10)11/h3-4H,12H2,1-2H3. The molecule has 0 aliphatic heterocycles. The summed E-state index contributed by atoms with van der Waals surface area (Å²) in [6, 6.07) is -0.333. The number of ether oxygens (including phenoxy) is 1. The van der Waals surface area contributed by atoms with Crippen LogP contribution in [0.3, 0.4) is 0 Å². The second-order valence-electron chi connectivity index (χ2n) is 3.10. The van der Waals surface area contributed by atoms with Crippen LogP contribution in [-0.4, -0.2) is 22.9 Å². The van der Waals surface area contributed by atoms with Gasteiger partial charge < -0.3 is 10.5 Å².